The molecule has 0 spiro atoms. The van der Waals surface area contributed by atoms with Gasteiger partial charge in [-0.25, -0.2) is 13.6 Å². The second kappa shape index (κ2) is 8.90. The predicted octanol–water partition coefficient (Wildman–Crippen LogP) is 3.70. The third kappa shape index (κ3) is 4.41. The Hall–Kier alpha value is -2.73. The van der Waals surface area contributed by atoms with E-state index in [9.17, 15) is 31.9 Å². The Morgan fingerprint density at radius 3 is 2.58 bits per heavy atom. The highest BCUT2D eigenvalue weighted by Gasteiger charge is 2.41. The van der Waals surface area contributed by atoms with Crippen LogP contribution in [0, 0.1) is 11.6 Å². The molecular weight excluding hydrogens is 451 g/mol. The zero-order chi connectivity index (χ0) is 23.9. The maximum atomic E-state index is 14.0. The van der Waals surface area contributed by atoms with Gasteiger partial charge in [0, 0.05) is 37.3 Å². The minimum atomic E-state index is -5.02. The summed E-state index contributed by atoms with van der Waals surface area (Å²) in [6.07, 6.45) is -5.69. The summed E-state index contributed by atoms with van der Waals surface area (Å²) in [6.45, 7) is 1.11. The molecule has 2 N–H and O–H groups in total. The van der Waals surface area contributed by atoms with Gasteiger partial charge in [0.25, 0.3) is 0 Å². The molecule has 1 amide bonds. The van der Waals surface area contributed by atoms with Crippen LogP contribution in [0.25, 0.3) is 0 Å². The average Bonchev–Trinajstić information content (AvgIpc) is 3.22. The number of likely N-dealkylation sites (tertiary alicyclic amines) is 1. The molecule has 1 aromatic heterocycles. The van der Waals surface area contributed by atoms with Crippen LogP contribution in [0.15, 0.2) is 12.1 Å². The molecule has 1 atom stereocenters. The molecule has 7 nitrogen and oxygen atoms in total. The summed E-state index contributed by atoms with van der Waals surface area (Å²) in [5.41, 5.74) is -0.00929. The number of alkyl halides is 3. The van der Waals surface area contributed by atoms with Crippen LogP contribution in [0.5, 0.6) is 0 Å². The quantitative estimate of drug-likeness (QED) is 0.664. The number of rotatable bonds is 3. The number of aliphatic hydroxyl groups excluding tert-OH is 1. The van der Waals surface area contributed by atoms with Gasteiger partial charge in [0.15, 0.2) is 17.9 Å². The van der Waals surface area contributed by atoms with Crippen molar-refractivity contribution in [3.63, 3.8) is 0 Å². The average molecular weight is 474 g/mol. The van der Waals surface area contributed by atoms with E-state index in [1.165, 1.54) is 12.0 Å². The Morgan fingerprint density at radius 2 is 1.94 bits per heavy atom. The van der Waals surface area contributed by atoms with Crippen LogP contribution in [0.2, 0.25) is 0 Å². The Morgan fingerprint density at radius 1 is 1.24 bits per heavy atom. The first kappa shape index (κ1) is 23.4. The second-order valence-electron chi connectivity index (χ2n) is 8.21. The Bertz CT molecular complexity index is 1030. The van der Waals surface area contributed by atoms with Crippen molar-refractivity contribution < 1.29 is 36.6 Å². The van der Waals surface area contributed by atoms with Gasteiger partial charge in [0.2, 0.25) is 0 Å². The van der Waals surface area contributed by atoms with E-state index in [1.807, 2.05) is 0 Å². The van der Waals surface area contributed by atoms with Crippen LogP contribution in [0.3, 0.4) is 0 Å². The van der Waals surface area contributed by atoms with Gasteiger partial charge >= 0.3 is 12.3 Å². The van der Waals surface area contributed by atoms with Gasteiger partial charge in [-0.3, -0.25) is 10.00 Å². The van der Waals surface area contributed by atoms with E-state index in [1.54, 1.807) is 4.90 Å². The number of aromatic amines is 1. The van der Waals surface area contributed by atoms with Crippen molar-refractivity contribution in [2.75, 3.05) is 26.7 Å². The molecule has 12 heteroatoms. The van der Waals surface area contributed by atoms with Crippen molar-refractivity contribution in [1.82, 2.24) is 20.0 Å². The number of piperidine rings is 1. The number of aromatic nitrogens is 2. The molecule has 0 saturated carbocycles. The van der Waals surface area contributed by atoms with Crippen molar-refractivity contribution in [2.24, 2.45) is 0 Å². The number of hydrogen-bond donors (Lipinski definition) is 2. The fourth-order valence-corrected chi connectivity index (χ4v) is 4.64. The van der Waals surface area contributed by atoms with Crippen molar-refractivity contribution in [2.45, 2.75) is 44.1 Å². The first-order valence-corrected chi connectivity index (χ1v) is 10.5. The standard InChI is InChI=1S/C21H23F5N4O3/c1-33-20(32)30-9-6-15-13(10-30)18(28-27-15)19(31)29-7-4-11(5-8-29)12-2-3-14(22)17(23)16(12)21(24,25)26/h2-3,11,19,31H,4-10H2,1H3,(H,27,28). The molecule has 3 heterocycles. The van der Waals surface area contributed by atoms with Crippen LogP contribution in [0.1, 0.15) is 53.1 Å². The predicted molar refractivity (Wildman–Crippen MR) is 105 cm³/mol. The molecule has 2 aliphatic rings. The summed E-state index contributed by atoms with van der Waals surface area (Å²) < 4.78 is 72.4. The van der Waals surface area contributed by atoms with Gasteiger partial charge in [-0.2, -0.15) is 18.3 Å². The lowest BCUT2D eigenvalue weighted by Gasteiger charge is -2.36. The molecule has 180 valence electrons. The van der Waals surface area contributed by atoms with Crippen molar-refractivity contribution >= 4 is 6.09 Å². The maximum Gasteiger partial charge on any atom is 0.419 e. The van der Waals surface area contributed by atoms with E-state index in [0.29, 0.717) is 30.3 Å². The smallest absolute Gasteiger partial charge is 0.419 e. The second-order valence-corrected chi connectivity index (χ2v) is 8.21. The Balaban J connectivity index is 1.49. The number of amides is 1. The number of hydrogen-bond acceptors (Lipinski definition) is 5. The lowest BCUT2D eigenvalue weighted by molar-refractivity contribution is -0.141. The number of aliphatic hydroxyl groups is 1. The lowest BCUT2D eigenvalue weighted by Crippen LogP contribution is -2.39. The molecule has 2 aliphatic heterocycles. The first-order valence-electron chi connectivity index (χ1n) is 10.5. The molecule has 1 saturated heterocycles. The minimum absolute atomic E-state index is 0.213. The van der Waals surface area contributed by atoms with E-state index in [4.69, 9.17) is 4.74 Å². The molecule has 2 aromatic rings. The fraction of sp³-hybridized carbons (Fsp3) is 0.524. The normalized spacial score (nSPS) is 18.8. The summed E-state index contributed by atoms with van der Waals surface area (Å²) >= 11 is 0. The summed E-state index contributed by atoms with van der Waals surface area (Å²) in [6, 6.07) is 1.70. The molecule has 4 rings (SSSR count). The maximum absolute atomic E-state index is 14.0. The molecule has 33 heavy (non-hydrogen) atoms. The van der Waals surface area contributed by atoms with Crippen molar-refractivity contribution in [1.29, 1.82) is 0 Å². The van der Waals surface area contributed by atoms with Crippen LogP contribution in [-0.4, -0.2) is 57.9 Å². The zero-order valence-corrected chi connectivity index (χ0v) is 17.8. The number of fused-ring (bicyclic) bond motifs is 1. The topological polar surface area (TPSA) is 81.7 Å². The third-order valence-corrected chi connectivity index (χ3v) is 6.37. The zero-order valence-electron chi connectivity index (χ0n) is 17.8. The van der Waals surface area contributed by atoms with Crippen LogP contribution in [0.4, 0.5) is 26.7 Å². The van der Waals surface area contributed by atoms with Gasteiger partial charge in [-0.1, -0.05) is 6.07 Å². The highest BCUT2D eigenvalue weighted by molar-refractivity contribution is 5.68. The van der Waals surface area contributed by atoms with E-state index in [-0.39, 0.29) is 38.0 Å². The van der Waals surface area contributed by atoms with Crippen LogP contribution < -0.4 is 0 Å². The summed E-state index contributed by atoms with van der Waals surface area (Å²) in [5.74, 6) is -4.06. The van der Waals surface area contributed by atoms with E-state index in [2.05, 4.69) is 10.2 Å². The number of carbonyl (C=O) groups excluding carboxylic acids is 1. The number of nitrogens with one attached hydrogen (secondary N) is 1. The van der Waals surface area contributed by atoms with E-state index >= 15 is 0 Å². The number of nitrogens with zero attached hydrogens (tertiary/aromatic N) is 3. The van der Waals surface area contributed by atoms with E-state index in [0.717, 1.165) is 11.8 Å². The SMILES string of the molecule is COC(=O)N1CCc2[nH]nc(C(O)N3CCC(c4ccc(F)c(F)c4C(F)(F)F)CC3)c2C1. The number of H-pyrrole nitrogens is 1. The van der Waals surface area contributed by atoms with Crippen LogP contribution in [-0.2, 0) is 23.9 Å². The molecule has 1 fully saturated rings. The van der Waals surface area contributed by atoms with Gasteiger partial charge in [0.05, 0.1) is 19.2 Å². The molecule has 0 bridgehead atoms. The largest absolute Gasteiger partial charge is 0.453 e. The third-order valence-electron chi connectivity index (χ3n) is 6.37. The molecule has 0 aliphatic carbocycles. The lowest BCUT2D eigenvalue weighted by atomic mass is 9.85. The van der Waals surface area contributed by atoms with Crippen molar-refractivity contribution in [3.8, 4) is 0 Å². The molecule has 1 aromatic carbocycles. The minimum Gasteiger partial charge on any atom is -0.453 e. The summed E-state index contributed by atoms with van der Waals surface area (Å²) in [7, 11) is 1.28. The van der Waals surface area contributed by atoms with Gasteiger partial charge in [-0.15, -0.1) is 0 Å². The molecule has 0 radical (unpaired) electrons. The molecular formula is C21H23F5N4O3. The number of halogens is 5. The summed E-state index contributed by atoms with van der Waals surface area (Å²) in [5, 5.41) is 18.0. The molecule has 1 unspecified atom stereocenters. The van der Waals surface area contributed by atoms with Gasteiger partial charge in [-0.05, 0) is 30.4 Å². The van der Waals surface area contributed by atoms with Gasteiger partial charge in [0.1, 0.15) is 5.69 Å². The Kier molecular flexibility index (Phi) is 6.32. The van der Waals surface area contributed by atoms with Crippen molar-refractivity contribution in [3.05, 3.63) is 51.8 Å². The van der Waals surface area contributed by atoms with E-state index < -0.39 is 41.6 Å². The number of benzene rings is 1. The highest BCUT2D eigenvalue weighted by Crippen LogP contribution is 2.41. The number of methoxy groups -OCH3 is 1. The van der Waals surface area contributed by atoms with Crippen LogP contribution >= 0.6 is 0 Å². The number of carbonyl (C=O) groups is 1. The fourth-order valence-electron chi connectivity index (χ4n) is 4.64. The number of ether oxygens (including phenoxy) is 1. The summed E-state index contributed by atoms with van der Waals surface area (Å²) in [4.78, 5) is 15.0. The Labute approximate surface area is 186 Å². The monoisotopic (exact) mass is 474 g/mol. The first-order chi connectivity index (χ1) is 15.6. The highest BCUT2D eigenvalue weighted by atomic mass is 19.4. The van der Waals surface area contributed by atoms with Gasteiger partial charge < -0.3 is 14.7 Å².